The summed E-state index contributed by atoms with van der Waals surface area (Å²) in [5, 5.41) is 6.10. The molecule has 1 rings (SSSR count). The van der Waals surface area contributed by atoms with E-state index in [9.17, 15) is 12.8 Å². The molecule has 0 aliphatic heterocycles. The number of nitrogens with one attached hydrogen (secondary N) is 3. The maximum absolute atomic E-state index is 13.7. The summed E-state index contributed by atoms with van der Waals surface area (Å²) in [4.78, 5) is 4.41. The van der Waals surface area contributed by atoms with Gasteiger partial charge in [-0.2, -0.15) is 0 Å². The van der Waals surface area contributed by atoms with Gasteiger partial charge in [0.1, 0.15) is 6.10 Å². The standard InChI is InChI=1S/C16H27FN4O3S.HI/c1-4-13(24-15-9-7-6-8-14(15)17)12-20-16(18-5-2)19-10-11-21-25(3,22)23;/h6-9,13,21H,4-5,10-12H2,1-3H3,(H2,18,19,20);1H. The Balaban J connectivity index is 0.00000625. The molecular weight excluding hydrogens is 474 g/mol. The van der Waals surface area contributed by atoms with Gasteiger partial charge in [0.2, 0.25) is 10.0 Å². The molecule has 0 saturated heterocycles. The van der Waals surface area contributed by atoms with Crippen LogP contribution in [0.25, 0.3) is 0 Å². The molecule has 0 saturated carbocycles. The number of sulfonamides is 1. The van der Waals surface area contributed by atoms with E-state index in [-0.39, 0.29) is 42.4 Å². The van der Waals surface area contributed by atoms with Gasteiger partial charge in [-0.15, -0.1) is 24.0 Å². The Kier molecular flexibility index (Phi) is 12.5. The molecule has 0 radical (unpaired) electrons. The fourth-order valence-electron chi connectivity index (χ4n) is 1.92. The number of hydrogen-bond donors (Lipinski definition) is 3. The van der Waals surface area contributed by atoms with Gasteiger partial charge in [-0.3, -0.25) is 0 Å². The van der Waals surface area contributed by atoms with E-state index in [0.717, 1.165) is 6.26 Å². The molecule has 1 aromatic rings. The van der Waals surface area contributed by atoms with Gasteiger partial charge >= 0.3 is 0 Å². The number of nitrogens with zero attached hydrogens (tertiary/aromatic N) is 1. The molecule has 150 valence electrons. The summed E-state index contributed by atoms with van der Waals surface area (Å²) in [5.74, 6) is 0.357. The minimum absolute atomic E-state index is 0. The normalized spacial score (nSPS) is 12.8. The molecule has 1 aromatic carbocycles. The van der Waals surface area contributed by atoms with Crippen LogP contribution in [0.3, 0.4) is 0 Å². The monoisotopic (exact) mass is 502 g/mol. The number of aliphatic imine (C=N–C) groups is 1. The minimum atomic E-state index is -3.21. The Labute approximate surface area is 172 Å². The minimum Gasteiger partial charge on any atom is -0.485 e. The molecule has 3 N–H and O–H groups in total. The topological polar surface area (TPSA) is 91.8 Å². The number of ether oxygens (including phenoxy) is 1. The highest BCUT2D eigenvalue weighted by molar-refractivity contribution is 14.0. The van der Waals surface area contributed by atoms with Crippen molar-refractivity contribution in [3.05, 3.63) is 30.1 Å². The van der Waals surface area contributed by atoms with Crippen molar-refractivity contribution in [1.82, 2.24) is 15.4 Å². The van der Waals surface area contributed by atoms with Gasteiger partial charge in [-0.1, -0.05) is 19.1 Å². The molecule has 0 bridgehead atoms. The predicted octanol–water partition coefficient (Wildman–Crippen LogP) is 1.71. The van der Waals surface area contributed by atoms with Crippen LogP contribution in [0, 0.1) is 5.82 Å². The van der Waals surface area contributed by atoms with Gasteiger partial charge in [-0.25, -0.2) is 22.5 Å². The highest BCUT2D eigenvalue weighted by Crippen LogP contribution is 2.18. The van der Waals surface area contributed by atoms with Crippen molar-refractivity contribution in [3.63, 3.8) is 0 Å². The van der Waals surface area contributed by atoms with Crippen LogP contribution in [0.4, 0.5) is 4.39 Å². The fraction of sp³-hybridized carbons (Fsp3) is 0.562. The summed E-state index contributed by atoms with van der Waals surface area (Å²) in [6.07, 6.45) is 1.52. The molecule has 0 fully saturated rings. The molecule has 26 heavy (non-hydrogen) atoms. The highest BCUT2D eigenvalue weighted by atomic mass is 127. The summed E-state index contributed by atoms with van der Waals surface area (Å²) in [5.41, 5.74) is 0. The van der Waals surface area contributed by atoms with E-state index in [4.69, 9.17) is 4.74 Å². The zero-order valence-electron chi connectivity index (χ0n) is 15.3. The second kappa shape index (κ2) is 13.1. The van der Waals surface area contributed by atoms with Gasteiger partial charge in [0.25, 0.3) is 0 Å². The molecule has 0 aliphatic carbocycles. The molecule has 7 nitrogen and oxygen atoms in total. The van der Waals surface area contributed by atoms with Crippen LogP contribution in [0.5, 0.6) is 5.75 Å². The van der Waals surface area contributed by atoms with Gasteiger partial charge in [0, 0.05) is 19.6 Å². The molecular formula is C16H28FIN4O3S. The fourth-order valence-corrected chi connectivity index (χ4v) is 2.39. The molecule has 1 atom stereocenters. The van der Waals surface area contributed by atoms with E-state index >= 15 is 0 Å². The van der Waals surface area contributed by atoms with Crippen molar-refractivity contribution in [2.75, 3.05) is 32.4 Å². The predicted molar refractivity (Wildman–Crippen MR) is 113 cm³/mol. The Morgan fingerprint density at radius 1 is 1.23 bits per heavy atom. The van der Waals surface area contributed by atoms with Crippen LogP contribution in [-0.2, 0) is 10.0 Å². The van der Waals surface area contributed by atoms with Crippen LogP contribution in [0.15, 0.2) is 29.3 Å². The van der Waals surface area contributed by atoms with Crippen molar-refractivity contribution in [2.45, 2.75) is 26.4 Å². The average molecular weight is 502 g/mol. The smallest absolute Gasteiger partial charge is 0.208 e. The SMILES string of the molecule is CCNC(=NCC(CC)Oc1ccccc1F)NCCNS(C)(=O)=O.I. The molecule has 1 unspecified atom stereocenters. The van der Waals surface area contributed by atoms with Crippen LogP contribution < -0.4 is 20.1 Å². The number of guanidine groups is 1. The summed E-state index contributed by atoms with van der Waals surface area (Å²) < 4.78 is 43.8. The first-order chi connectivity index (χ1) is 11.9. The van der Waals surface area contributed by atoms with Crippen LogP contribution in [-0.4, -0.2) is 52.9 Å². The molecule has 0 heterocycles. The van der Waals surface area contributed by atoms with Crippen LogP contribution >= 0.6 is 24.0 Å². The number of halogens is 2. The third kappa shape index (κ3) is 10.8. The Morgan fingerprint density at radius 3 is 2.50 bits per heavy atom. The molecule has 10 heteroatoms. The van der Waals surface area contributed by atoms with Gasteiger partial charge in [-0.05, 0) is 25.5 Å². The zero-order chi connectivity index (χ0) is 18.7. The van der Waals surface area contributed by atoms with Gasteiger partial charge < -0.3 is 15.4 Å². The molecule has 0 aromatic heterocycles. The summed E-state index contributed by atoms with van der Waals surface area (Å²) in [6.45, 7) is 5.53. The van der Waals surface area contributed by atoms with Crippen molar-refractivity contribution >= 4 is 40.0 Å². The van der Waals surface area contributed by atoms with E-state index in [1.807, 2.05) is 13.8 Å². The van der Waals surface area contributed by atoms with E-state index in [1.54, 1.807) is 18.2 Å². The quantitative estimate of drug-likeness (QED) is 0.196. The molecule has 0 aliphatic rings. The lowest BCUT2D eigenvalue weighted by Crippen LogP contribution is -2.42. The first-order valence-electron chi connectivity index (χ1n) is 8.23. The zero-order valence-corrected chi connectivity index (χ0v) is 18.4. The number of rotatable bonds is 10. The lowest BCUT2D eigenvalue weighted by Gasteiger charge is -2.17. The van der Waals surface area contributed by atoms with Gasteiger partial charge in [0.15, 0.2) is 17.5 Å². The number of benzene rings is 1. The highest BCUT2D eigenvalue weighted by Gasteiger charge is 2.11. The lowest BCUT2D eigenvalue weighted by atomic mass is 10.2. The number of hydrogen-bond acceptors (Lipinski definition) is 4. The second-order valence-electron chi connectivity index (χ2n) is 5.39. The van der Waals surface area contributed by atoms with Crippen LogP contribution in [0.2, 0.25) is 0 Å². The van der Waals surface area contributed by atoms with Crippen molar-refractivity contribution in [3.8, 4) is 5.75 Å². The van der Waals surface area contributed by atoms with Crippen LogP contribution in [0.1, 0.15) is 20.3 Å². The maximum atomic E-state index is 13.7. The Hall–Kier alpha value is -1.14. The summed E-state index contributed by atoms with van der Waals surface area (Å²) >= 11 is 0. The van der Waals surface area contributed by atoms with E-state index in [2.05, 4.69) is 20.3 Å². The first-order valence-corrected chi connectivity index (χ1v) is 10.1. The third-order valence-electron chi connectivity index (χ3n) is 3.16. The Bertz CT molecular complexity index is 659. The van der Waals surface area contributed by atoms with E-state index in [0.29, 0.717) is 32.0 Å². The second-order valence-corrected chi connectivity index (χ2v) is 7.22. The van der Waals surface area contributed by atoms with E-state index < -0.39 is 15.8 Å². The van der Waals surface area contributed by atoms with Crippen molar-refractivity contribution < 1.29 is 17.5 Å². The van der Waals surface area contributed by atoms with Gasteiger partial charge in [0.05, 0.1) is 12.8 Å². The summed E-state index contributed by atoms with van der Waals surface area (Å²) in [7, 11) is -3.21. The Morgan fingerprint density at radius 2 is 1.92 bits per heavy atom. The first kappa shape index (κ1) is 24.9. The summed E-state index contributed by atoms with van der Waals surface area (Å²) in [6, 6.07) is 6.27. The number of para-hydroxylation sites is 1. The molecule has 0 spiro atoms. The maximum Gasteiger partial charge on any atom is 0.208 e. The van der Waals surface area contributed by atoms with E-state index in [1.165, 1.54) is 6.07 Å². The molecule has 0 amide bonds. The lowest BCUT2D eigenvalue weighted by molar-refractivity contribution is 0.196. The third-order valence-corrected chi connectivity index (χ3v) is 3.89. The average Bonchev–Trinajstić information content (AvgIpc) is 2.55. The largest absolute Gasteiger partial charge is 0.485 e. The van der Waals surface area contributed by atoms with Crippen molar-refractivity contribution in [2.24, 2.45) is 4.99 Å². The van der Waals surface area contributed by atoms with Crippen molar-refractivity contribution in [1.29, 1.82) is 0 Å².